The van der Waals surface area contributed by atoms with Crippen LogP contribution < -0.4 is 0 Å². The average molecular weight is 309 g/mol. The van der Waals surface area contributed by atoms with Crippen molar-refractivity contribution >= 4 is 0 Å². The maximum Gasteiger partial charge on any atom is -0.0201 e. The summed E-state index contributed by atoms with van der Waals surface area (Å²) in [6.45, 7) is 19.8. The van der Waals surface area contributed by atoms with E-state index in [1.165, 1.54) is 47.1 Å². The van der Waals surface area contributed by atoms with Crippen LogP contribution in [0.2, 0.25) is 0 Å². The number of rotatable bonds is 6. The first-order valence-corrected chi connectivity index (χ1v) is 8.25. The molecule has 0 aliphatic heterocycles. The van der Waals surface area contributed by atoms with Crippen molar-refractivity contribution in [2.24, 2.45) is 0 Å². The molecule has 0 unspecified atom stereocenters. The third-order valence-electron chi connectivity index (χ3n) is 3.64. The van der Waals surface area contributed by atoms with Gasteiger partial charge in [0.05, 0.1) is 0 Å². The molecular formula is C23H32. The highest BCUT2D eigenvalue weighted by Crippen LogP contribution is 2.30. The minimum Gasteiger partial charge on any atom is -0.0991 e. The van der Waals surface area contributed by atoms with Crippen molar-refractivity contribution < 1.29 is 0 Å². The molecule has 0 fully saturated rings. The van der Waals surface area contributed by atoms with Gasteiger partial charge >= 0.3 is 0 Å². The van der Waals surface area contributed by atoms with E-state index < -0.39 is 0 Å². The first-order valence-electron chi connectivity index (χ1n) is 8.25. The fourth-order valence-electron chi connectivity index (χ4n) is 2.17. The molecule has 0 heteroatoms. The third-order valence-corrected chi connectivity index (χ3v) is 3.64. The predicted octanol–water partition coefficient (Wildman–Crippen LogP) is 7.43. The highest BCUT2D eigenvalue weighted by molar-refractivity contribution is 5.52. The minimum atomic E-state index is 1.18. The number of hydrogen-bond acceptors (Lipinski definition) is 0. The highest BCUT2D eigenvalue weighted by Gasteiger charge is 2.10. The molecule has 124 valence electrons. The van der Waals surface area contributed by atoms with Gasteiger partial charge in [-0.25, -0.2) is 0 Å². The summed E-state index contributed by atoms with van der Waals surface area (Å²) in [6.07, 6.45) is 19.6. The smallest absolute Gasteiger partial charge is 0.0201 e. The van der Waals surface area contributed by atoms with Gasteiger partial charge in [-0.1, -0.05) is 79.5 Å². The SMILES string of the molecule is C=C/C=C\C(C(=C)C1=CCCC1)=C(C)C.C=C/C=C\C(C)=C/C. The minimum absolute atomic E-state index is 1.18. The summed E-state index contributed by atoms with van der Waals surface area (Å²) < 4.78 is 0. The second-order valence-electron chi connectivity index (χ2n) is 5.74. The summed E-state index contributed by atoms with van der Waals surface area (Å²) >= 11 is 0. The van der Waals surface area contributed by atoms with Crippen molar-refractivity contribution in [3.8, 4) is 0 Å². The summed E-state index contributed by atoms with van der Waals surface area (Å²) in [7, 11) is 0. The van der Waals surface area contributed by atoms with E-state index in [9.17, 15) is 0 Å². The Kier molecular flexibility index (Phi) is 11.3. The van der Waals surface area contributed by atoms with Crippen LogP contribution in [0.25, 0.3) is 0 Å². The van der Waals surface area contributed by atoms with Crippen LogP contribution in [-0.4, -0.2) is 0 Å². The van der Waals surface area contributed by atoms with E-state index in [0.717, 1.165) is 0 Å². The van der Waals surface area contributed by atoms with Gasteiger partial charge in [-0.15, -0.1) is 0 Å². The molecule has 0 atom stereocenters. The lowest BCUT2D eigenvalue weighted by Gasteiger charge is -2.10. The van der Waals surface area contributed by atoms with Crippen molar-refractivity contribution in [3.05, 3.63) is 96.2 Å². The van der Waals surface area contributed by atoms with Crippen LogP contribution in [0.3, 0.4) is 0 Å². The highest BCUT2D eigenvalue weighted by atomic mass is 14.2. The molecule has 23 heavy (non-hydrogen) atoms. The maximum atomic E-state index is 4.20. The Balaban J connectivity index is 0.000000515. The zero-order valence-corrected chi connectivity index (χ0v) is 15.4. The molecule has 0 aromatic heterocycles. The zero-order valence-electron chi connectivity index (χ0n) is 15.4. The molecule has 0 N–H and O–H groups in total. The Morgan fingerprint density at radius 2 is 1.65 bits per heavy atom. The first-order chi connectivity index (χ1) is 11.0. The molecule has 0 amide bonds. The van der Waals surface area contributed by atoms with Gasteiger partial charge in [0.2, 0.25) is 0 Å². The van der Waals surface area contributed by atoms with E-state index in [-0.39, 0.29) is 0 Å². The molecule has 0 aromatic carbocycles. The van der Waals surface area contributed by atoms with E-state index in [2.05, 4.69) is 58.7 Å². The molecular weight excluding hydrogens is 276 g/mol. The molecule has 1 aliphatic rings. The van der Waals surface area contributed by atoms with Gasteiger partial charge in [0.25, 0.3) is 0 Å². The topological polar surface area (TPSA) is 0 Å². The summed E-state index contributed by atoms with van der Waals surface area (Å²) in [6, 6.07) is 0. The number of hydrogen-bond donors (Lipinski definition) is 0. The van der Waals surface area contributed by atoms with Gasteiger partial charge in [0.15, 0.2) is 0 Å². The zero-order chi connectivity index (χ0) is 17.7. The Morgan fingerprint density at radius 1 is 1.04 bits per heavy atom. The molecule has 0 radical (unpaired) electrons. The molecule has 0 saturated carbocycles. The van der Waals surface area contributed by atoms with E-state index in [1.54, 1.807) is 12.2 Å². The average Bonchev–Trinajstić information content (AvgIpc) is 3.07. The van der Waals surface area contributed by atoms with Crippen molar-refractivity contribution in [2.75, 3.05) is 0 Å². The van der Waals surface area contributed by atoms with E-state index in [0.29, 0.717) is 0 Å². The maximum absolute atomic E-state index is 4.20. The molecule has 0 aromatic rings. The Labute approximate surface area is 143 Å². The molecule has 1 aliphatic carbocycles. The standard InChI is InChI=1S/C15H20.C8H12/c1-5-6-11-15(12(2)3)13(4)14-9-7-8-10-14;1-4-6-7-8(3)5-2/h5-6,9,11H,1,4,7-8,10H2,2-3H3;4-7H,1H2,2-3H3/b11-6-;7-6-,8-5-. The normalized spacial score (nSPS) is 14.3. The Morgan fingerprint density at radius 3 is 2.09 bits per heavy atom. The van der Waals surface area contributed by atoms with Crippen molar-refractivity contribution in [1.82, 2.24) is 0 Å². The largest absolute Gasteiger partial charge is 0.0991 e. The molecule has 0 heterocycles. The van der Waals surface area contributed by atoms with E-state index in [4.69, 9.17) is 0 Å². The van der Waals surface area contributed by atoms with Gasteiger partial charge in [0, 0.05) is 0 Å². The molecule has 1 rings (SSSR count). The fraction of sp³-hybridized carbons (Fsp3) is 0.304. The van der Waals surface area contributed by atoms with Crippen molar-refractivity contribution in [3.63, 3.8) is 0 Å². The van der Waals surface area contributed by atoms with Crippen molar-refractivity contribution in [1.29, 1.82) is 0 Å². The quantitative estimate of drug-likeness (QED) is 0.448. The monoisotopic (exact) mass is 308 g/mol. The van der Waals surface area contributed by atoms with Gasteiger partial charge in [-0.2, -0.15) is 0 Å². The summed E-state index contributed by atoms with van der Waals surface area (Å²) in [4.78, 5) is 0. The van der Waals surface area contributed by atoms with Crippen LogP contribution in [0.5, 0.6) is 0 Å². The lowest BCUT2D eigenvalue weighted by molar-refractivity contribution is 0.911. The van der Waals surface area contributed by atoms with Crippen LogP contribution in [0.1, 0.15) is 47.0 Å². The molecule has 0 nitrogen and oxygen atoms in total. The molecule has 0 bridgehead atoms. The summed E-state index contributed by atoms with van der Waals surface area (Å²) in [5, 5.41) is 0. The first kappa shape index (κ1) is 20.9. The van der Waals surface area contributed by atoms with Gasteiger partial charge < -0.3 is 0 Å². The van der Waals surface area contributed by atoms with Crippen LogP contribution in [0, 0.1) is 0 Å². The summed E-state index contributed by atoms with van der Waals surface area (Å²) in [5.41, 5.74) is 6.43. The van der Waals surface area contributed by atoms with Gasteiger partial charge in [0.1, 0.15) is 0 Å². The van der Waals surface area contributed by atoms with Gasteiger partial charge in [-0.05, 0) is 63.7 Å². The molecule has 0 spiro atoms. The van der Waals surface area contributed by atoms with E-state index in [1.807, 2.05) is 25.2 Å². The number of allylic oxidation sites excluding steroid dienone is 13. The van der Waals surface area contributed by atoms with Crippen LogP contribution in [0.15, 0.2) is 96.2 Å². The van der Waals surface area contributed by atoms with Crippen LogP contribution >= 0.6 is 0 Å². The Bertz CT molecular complexity index is 553. The van der Waals surface area contributed by atoms with E-state index >= 15 is 0 Å². The lowest BCUT2D eigenvalue weighted by atomic mass is 9.95. The Hall–Kier alpha value is -2.08. The van der Waals surface area contributed by atoms with Gasteiger partial charge in [-0.3, -0.25) is 0 Å². The molecule has 0 saturated heterocycles. The second-order valence-corrected chi connectivity index (χ2v) is 5.74. The van der Waals surface area contributed by atoms with Crippen LogP contribution in [0.4, 0.5) is 0 Å². The predicted molar refractivity (Wildman–Crippen MR) is 108 cm³/mol. The fourth-order valence-corrected chi connectivity index (χ4v) is 2.17. The lowest BCUT2D eigenvalue weighted by Crippen LogP contribution is -1.91. The van der Waals surface area contributed by atoms with Crippen molar-refractivity contribution in [2.45, 2.75) is 47.0 Å². The second kappa shape index (κ2) is 12.5. The third kappa shape index (κ3) is 8.83. The summed E-state index contributed by atoms with van der Waals surface area (Å²) in [5.74, 6) is 0. The van der Waals surface area contributed by atoms with Crippen LogP contribution in [-0.2, 0) is 0 Å².